The fourth-order valence-corrected chi connectivity index (χ4v) is 2.27. The summed E-state index contributed by atoms with van der Waals surface area (Å²) >= 11 is 0. The van der Waals surface area contributed by atoms with Crippen LogP contribution in [0.2, 0.25) is 0 Å². The molecular formula is C17H25N3O2. The van der Waals surface area contributed by atoms with Gasteiger partial charge in [-0.3, -0.25) is 14.5 Å². The Morgan fingerprint density at radius 2 is 1.82 bits per heavy atom. The number of nitrogens with zero attached hydrogens (tertiary/aromatic N) is 1. The summed E-state index contributed by atoms with van der Waals surface area (Å²) in [5.41, 5.74) is 1.21. The summed E-state index contributed by atoms with van der Waals surface area (Å²) in [5.74, 6) is 0.216. The summed E-state index contributed by atoms with van der Waals surface area (Å²) < 4.78 is 0. The van der Waals surface area contributed by atoms with Gasteiger partial charge in [0, 0.05) is 12.6 Å². The van der Waals surface area contributed by atoms with Crippen LogP contribution in [0.3, 0.4) is 0 Å². The summed E-state index contributed by atoms with van der Waals surface area (Å²) in [6.45, 7) is 3.19. The van der Waals surface area contributed by atoms with E-state index in [-0.39, 0.29) is 30.8 Å². The molecular weight excluding hydrogens is 278 g/mol. The minimum atomic E-state index is -0.0514. The van der Waals surface area contributed by atoms with E-state index in [1.165, 1.54) is 5.56 Å². The van der Waals surface area contributed by atoms with Crippen molar-refractivity contribution in [2.75, 3.05) is 26.7 Å². The summed E-state index contributed by atoms with van der Waals surface area (Å²) in [5, 5.41) is 5.84. The maximum absolute atomic E-state index is 11.9. The second-order valence-corrected chi connectivity index (χ2v) is 6.13. The first-order valence-corrected chi connectivity index (χ1v) is 7.84. The van der Waals surface area contributed by atoms with Crippen molar-refractivity contribution in [3.8, 4) is 0 Å². The Morgan fingerprint density at radius 1 is 1.18 bits per heavy atom. The highest BCUT2D eigenvalue weighted by atomic mass is 16.2. The van der Waals surface area contributed by atoms with E-state index in [1.54, 1.807) is 11.9 Å². The van der Waals surface area contributed by atoms with E-state index >= 15 is 0 Å². The predicted octanol–water partition coefficient (Wildman–Crippen LogP) is 1.12. The smallest absolute Gasteiger partial charge is 0.234 e. The van der Waals surface area contributed by atoms with Gasteiger partial charge in [-0.25, -0.2) is 0 Å². The molecule has 0 aromatic heterocycles. The van der Waals surface area contributed by atoms with E-state index < -0.39 is 0 Å². The molecule has 5 nitrogen and oxygen atoms in total. The summed E-state index contributed by atoms with van der Waals surface area (Å²) in [7, 11) is 1.78. The largest absolute Gasteiger partial charge is 0.354 e. The third-order valence-electron chi connectivity index (χ3n) is 3.74. The van der Waals surface area contributed by atoms with Crippen molar-refractivity contribution in [2.24, 2.45) is 0 Å². The lowest BCUT2D eigenvalue weighted by molar-refractivity contribution is -0.124. The van der Waals surface area contributed by atoms with E-state index in [9.17, 15) is 9.59 Å². The molecule has 1 aromatic carbocycles. The zero-order chi connectivity index (χ0) is 15.9. The van der Waals surface area contributed by atoms with Crippen molar-refractivity contribution in [1.29, 1.82) is 0 Å². The first kappa shape index (κ1) is 16.5. The van der Waals surface area contributed by atoms with Crippen molar-refractivity contribution in [1.82, 2.24) is 15.5 Å². The Bertz CT molecular complexity index is 500. The first-order valence-electron chi connectivity index (χ1n) is 7.84. The van der Waals surface area contributed by atoms with E-state index in [1.807, 2.05) is 18.2 Å². The van der Waals surface area contributed by atoms with Gasteiger partial charge in [0.1, 0.15) is 0 Å². The van der Waals surface area contributed by atoms with Gasteiger partial charge in [-0.15, -0.1) is 0 Å². The van der Waals surface area contributed by atoms with Gasteiger partial charge in [0.25, 0.3) is 0 Å². The summed E-state index contributed by atoms with van der Waals surface area (Å²) in [6.07, 6.45) is 2.15. The van der Waals surface area contributed by atoms with Gasteiger partial charge in [-0.2, -0.15) is 0 Å². The van der Waals surface area contributed by atoms with E-state index in [0.29, 0.717) is 12.6 Å². The SMILES string of the molecule is C[C@@H](CNC(=O)CN(C)CC(=O)NC1CC1)c1ccccc1. The molecule has 0 spiro atoms. The van der Waals surface area contributed by atoms with Crippen molar-refractivity contribution >= 4 is 11.8 Å². The standard InChI is InChI=1S/C17H25N3O2/c1-13(14-6-4-3-5-7-14)10-18-16(21)11-20(2)12-17(22)19-15-8-9-15/h3-7,13,15H,8-12H2,1-2H3,(H,18,21)(H,19,22)/t13-/m0/s1. The lowest BCUT2D eigenvalue weighted by Crippen LogP contribution is -2.42. The van der Waals surface area contributed by atoms with Gasteiger partial charge in [0.05, 0.1) is 13.1 Å². The topological polar surface area (TPSA) is 61.4 Å². The molecule has 2 amide bonds. The molecule has 1 aliphatic carbocycles. The molecule has 2 N–H and O–H groups in total. The van der Waals surface area contributed by atoms with E-state index in [2.05, 4.69) is 29.7 Å². The Labute approximate surface area is 132 Å². The zero-order valence-electron chi connectivity index (χ0n) is 13.3. The normalized spacial score (nSPS) is 15.4. The average Bonchev–Trinajstić information content (AvgIpc) is 3.29. The van der Waals surface area contributed by atoms with Gasteiger partial charge in [0.2, 0.25) is 11.8 Å². The highest BCUT2D eigenvalue weighted by molar-refractivity contribution is 5.81. The molecule has 1 atom stereocenters. The van der Waals surface area contributed by atoms with Crippen LogP contribution in [-0.2, 0) is 9.59 Å². The minimum Gasteiger partial charge on any atom is -0.354 e. The Kier molecular flexibility index (Phi) is 5.95. The van der Waals surface area contributed by atoms with E-state index in [0.717, 1.165) is 12.8 Å². The number of benzene rings is 1. The van der Waals surface area contributed by atoms with Crippen LogP contribution in [0, 0.1) is 0 Å². The van der Waals surface area contributed by atoms with Crippen LogP contribution in [0.15, 0.2) is 30.3 Å². The Hall–Kier alpha value is -1.88. The van der Waals surface area contributed by atoms with Crippen LogP contribution < -0.4 is 10.6 Å². The lowest BCUT2D eigenvalue weighted by Gasteiger charge is -2.17. The molecule has 2 rings (SSSR count). The van der Waals surface area contributed by atoms with Crippen LogP contribution in [0.1, 0.15) is 31.2 Å². The third-order valence-corrected chi connectivity index (χ3v) is 3.74. The number of rotatable bonds is 8. The number of likely N-dealkylation sites (N-methyl/N-ethyl adjacent to an activating group) is 1. The monoisotopic (exact) mass is 303 g/mol. The van der Waals surface area contributed by atoms with Crippen molar-refractivity contribution < 1.29 is 9.59 Å². The minimum absolute atomic E-state index is 0.00421. The molecule has 0 heterocycles. The van der Waals surface area contributed by atoms with Crippen molar-refractivity contribution in [3.63, 3.8) is 0 Å². The molecule has 1 aliphatic rings. The first-order chi connectivity index (χ1) is 10.5. The fraction of sp³-hybridized carbons (Fsp3) is 0.529. The number of amides is 2. The van der Waals surface area contributed by atoms with Crippen LogP contribution >= 0.6 is 0 Å². The maximum atomic E-state index is 11.9. The van der Waals surface area contributed by atoms with Gasteiger partial charge in [-0.1, -0.05) is 37.3 Å². The highest BCUT2D eigenvalue weighted by Gasteiger charge is 2.23. The third kappa shape index (κ3) is 5.85. The molecule has 0 bridgehead atoms. The fourth-order valence-electron chi connectivity index (χ4n) is 2.27. The zero-order valence-corrected chi connectivity index (χ0v) is 13.3. The molecule has 1 aromatic rings. The Morgan fingerprint density at radius 3 is 2.45 bits per heavy atom. The molecule has 0 aliphatic heterocycles. The maximum Gasteiger partial charge on any atom is 0.234 e. The second-order valence-electron chi connectivity index (χ2n) is 6.13. The molecule has 0 saturated heterocycles. The number of carbonyl (C=O) groups is 2. The van der Waals surface area contributed by atoms with Gasteiger partial charge >= 0.3 is 0 Å². The molecule has 0 radical (unpaired) electrons. The lowest BCUT2D eigenvalue weighted by atomic mass is 10.0. The highest BCUT2D eigenvalue weighted by Crippen LogP contribution is 2.18. The van der Waals surface area contributed by atoms with Gasteiger partial charge < -0.3 is 10.6 Å². The van der Waals surface area contributed by atoms with Gasteiger partial charge in [-0.05, 0) is 31.4 Å². The van der Waals surface area contributed by atoms with Crippen LogP contribution in [-0.4, -0.2) is 49.4 Å². The molecule has 120 valence electrons. The van der Waals surface area contributed by atoms with Crippen molar-refractivity contribution in [3.05, 3.63) is 35.9 Å². The van der Waals surface area contributed by atoms with Gasteiger partial charge in [0.15, 0.2) is 0 Å². The quantitative estimate of drug-likeness (QED) is 0.756. The molecule has 0 unspecified atom stereocenters. The molecule has 1 saturated carbocycles. The Balaban J connectivity index is 1.65. The molecule has 1 fully saturated rings. The number of hydrogen-bond donors (Lipinski definition) is 2. The summed E-state index contributed by atoms with van der Waals surface area (Å²) in [4.78, 5) is 25.3. The molecule has 5 heteroatoms. The van der Waals surface area contributed by atoms with Crippen molar-refractivity contribution in [2.45, 2.75) is 31.7 Å². The van der Waals surface area contributed by atoms with Crippen LogP contribution in [0.25, 0.3) is 0 Å². The second kappa shape index (κ2) is 7.94. The average molecular weight is 303 g/mol. The molecule has 22 heavy (non-hydrogen) atoms. The summed E-state index contributed by atoms with van der Waals surface area (Å²) in [6, 6.07) is 10.5. The van der Waals surface area contributed by atoms with Crippen LogP contribution in [0.4, 0.5) is 0 Å². The number of nitrogens with one attached hydrogen (secondary N) is 2. The number of carbonyl (C=O) groups excluding carboxylic acids is 2. The number of hydrogen-bond acceptors (Lipinski definition) is 3. The van der Waals surface area contributed by atoms with Crippen LogP contribution in [0.5, 0.6) is 0 Å². The predicted molar refractivity (Wildman–Crippen MR) is 86.5 cm³/mol. The van der Waals surface area contributed by atoms with E-state index in [4.69, 9.17) is 0 Å².